The zero-order valence-electron chi connectivity index (χ0n) is 29.0. The molecule has 0 aliphatic heterocycles. The predicted octanol–water partition coefficient (Wildman–Crippen LogP) is 9.14. The minimum Gasteiger partial charge on any atom is -0.462 e. The molecule has 0 saturated heterocycles. The van der Waals surface area contributed by atoms with Crippen LogP contribution in [0.5, 0.6) is 0 Å². The molecular weight excluding hydrogens is 566 g/mol. The van der Waals surface area contributed by atoms with Crippen LogP contribution in [0.2, 0.25) is 0 Å². The molecule has 0 aromatic heterocycles. The first-order chi connectivity index (χ1) is 22.2. The van der Waals surface area contributed by atoms with Crippen molar-refractivity contribution in [2.45, 2.75) is 72.6 Å². The molecule has 0 atom stereocenters. The van der Waals surface area contributed by atoms with E-state index >= 15 is 0 Å². The molecule has 0 bridgehead atoms. The highest BCUT2D eigenvalue weighted by Crippen LogP contribution is 2.56. The van der Waals surface area contributed by atoms with Crippen LogP contribution < -0.4 is 0 Å². The number of fused-ring (bicyclic) bond motifs is 3. The van der Waals surface area contributed by atoms with Gasteiger partial charge in [-0.25, -0.2) is 4.79 Å². The summed E-state index contributed by atoms with van der Waals surface area (Å²) in [6.07, 6.45) is 4.36. The summed E-state index contributed by atoms with van der Waals surface area (Å²) < 4.78 is 11.4. The van der Waals surface area contributed by atoms with E-state index in [2.05, 4.69) is 112 Å². The maximum atomic E-state index is 13.2. The minimum absolute atomic E-state index is 0.271. The third kappa shape index (κ3) is 6.70. The molecule has 0 fully saturated rings. The first kappa shape index (κ1) is 33.6. The van der Waals surface area contributed by atoms with E-state index in [1.54, 1.807) is 0 Å². The lowest BCUT2D eigenvalue weighted by molar-refractivity contribution is 0.0525. The van der Waals surface area contributed by atoms with Crippen molar-refractivity contribution in [1.29, 1.82) is 0 Å². The number of hydrogen-bond acceptors (Lipinski definition) is 4. The van der Waals surface area contributed by atoms with E-state index in [1.807, 2.05) is 13.8 Å². The number of carbonyl (C=O) groups is 1. The van der Waals surface area contributed by atoms with E-state index in [1.165, 1.54) is 56.5 Å². The lowest BCUT2D eigenvalue weighted by Gasteiger charge is -2.35. The van der Waals surface area contributed by atoms with Crippen LogP contribution in [0.25, 0.3) is 11.1 Å². The second-order valence-corrected chi connectivity index (χ2v) is 13.1. The first-order valence-corrected chi connectivity index (χ1v) is 17.1. The zero-order chi connectivity index (χ0) is 32.8. The summed E-state index contributed by atoms with van der Waals surface area (Å²) >= 11 is 0. The van der Waals surface area contributed by atoms with Crippen molar-refractivity contribution in [1.82, 2.24) is 4.90 Å². The van der Waals surface area contributed by atoms with E-state index in [0.717, 1.165) is 56.7 Å². The van der Waals surface area contributed by atoms with Crippen LogP contribution in [0.15, 0.2) is 72.8 Å². The number of hydrogen-bond donors (Lipinski definition) is 0. The molecule has 0 heterocycles. The van der Waals surface area contributed by atoms with Gasteiger partial charge in [-0.15, -0.1) is 0 Å². The largest absolute Gasteiger partial charge is 0.462 e. The maximum Gasteiger partial charge on any atom is 0.338 e. The zero-order valence-corrected chi connectivity index (χ0v) is 29.0. The highest BCUT2D eigenvalue weighted by Gasteiger charge is 2.46. The fourth-order valence-electron chi connectivity index (χ4n) is 7.17. The molecule has 4 heteroatoms. The summed E-state index contributed by atoms with van der Waals surface area (Å²) in [4.78, 5) is 15.5. The maximum absolute atomic E-state index is 13.2. The Hall–Kier alpha value is -3.73. The number of ether oxygens (including phenoxy) is 2. The molecule has 0 amide bonds. The highest BCUT2D eigenvalue weighted by atomic mass is 16.5. The molecule has 0 N–H and O–H groups in total. The summed E-state index contributed by atoms with van der Waals surface area (Å²) in [6, 6.07) is 27.1. The average molecular weight is 618 g/mol. The quantitative estimate of drug-likeness (QED) is 0.0920. The summed E-state index contributed by atoms with van der Waals surface area (Å²) in [7, 11) is 2.16. The normalized spacial score (nSPS) is 13.1. The SMILES string of the molecule is CCCN(C)CCOCCCCc1ccc(C2(c3ccc(C)c(C(=O)OCC)c3)c3cc(C)ccc3-c3ccc(C)cc32)cc1C. The standard InChI is InChI=1S/C42H51NO3/c1-8-21-43(7)22-24-45-23-11-10-12-33-16-18-34(27-32(33)6)42(35-17-15-31(5)38(28-35)41(44)46-9-2)39-25-29(3)13-19-36(39)37-20-14-30(4)26-40(37)42/h13-20,25-28H,8-12,21-24H2,1-7H3. The van der Waals surface area contributed by atoms with Gasteiger partial charge in [0.05, 0.1) is 24.2 Å². The van der Waals surface area contributed by atoms with Crippen LogP contribution in [-0.2, 0) is 21.3 Å². The van der Waals surface area contributed by atoms with E-state index in [9.17, 15) is 4.79 Å². The number of unbranched alkanes of at least 4 members (excludes halogenated alkanes) is 1. The molecule has 4 nitrogen and oxygen atoms in total. The molecule has 0 spiro atoms. The molecule has 1 aliphatic carbocycles. The van der Waals surface area contributed by atoms with E-state index in [-0.39, 0.29) is 5.97 Å². The van der Waals surface area contributed by atoms with Crippen molar-refractivity contribution in [2.24, 2.45) is 0 Å². The van der Waals surface area contributed by atoms with Crippen LogP contribution in [0, 0.1) is 27.7 Å². The van der Waals surface area contributed by atoms with Gasteiger partial charge in [-0.05, 0) is 130 Å². The van der Waals surface area contributed by atoms with Gasteiger partial charge < -0.3 is 14.4 Å². The number of likely N-dealkylation sites (N-methyl/N-ethyl adjacent to an activating group) is 1. The molecule has 0 saturated carbocycles. The molecule has 46 heavy (non-hydrogen) atoms. The van der Waals surface area contributed by atoms with Crippen molar-refractivity contribution in [3.05, 3.63) is 128 Å². The van der Waals surface area contributed by atoms with Gasteiger partial charge >= 0.3 is 5.97 Å². The number of nitrogens with zero attached hydrogens (tertiary/aromatic N) is 1. The molecule has 5 rings (SSSR count). The van der Waals surface area contributed by atoms with Gasteiger partial charge in [-0.2, -0.15) is 0 Å². The molecule has 4 aromatic rings. The summed E-state index contributed by atoms with van der Waals surface area (Å²) in [6.45, 7) is 16.7. The smallest absolute Gasteiger partial charge is 0.338 e. The van der Waals surface area contributed by atoms with Gasteiger partial charge in [0.1, 0.15) is 0 Å². The molecule has 1 aliphatic rings. The molecule has 0 radical (unpaired) electrons. The van der Waals surface area contributed by atoms with Crippen LogP contribution in [-0.4, -0.2) is 50.8 Å². The number of aryl methyl sites for hydroxylation is 5. The number of benzene rings is 4. The molecular formula is C42H51NO3. The third-order valence-electron chi connectivity index (χ3n) is 9.60. The minimum atomic E-state index is -0.570. The average Bonchev–Trinajstić information content (AvgIpc) is 3.30. The van der Waals surface area contributed by atoms with Gasteiger partial charge in [0.15, 0.2) is 0 Å². The molecule has 242 valence electrons. The second-order valence-electron chi connectivity index (χ2n) is 13.1. The Kier molecular flexibility index (Phi) is 10.8. The van der Waals surface area contributed by atoms with Gasteiger partial charge in [-0.1, -0.05) is 84.8 Å². The Balaban J connectivity index is 1.53. The van der Waals surface area contributed by atoms with Gasteiger partial charge in [0, 0.05) is 13.2 Å². The molecule has 0 unspecified atom stereocenters. The lowest BCUT2D eigenvalue weighted by atomic mass is 9.66. The first-order valence-electron chi connectivity index (χ1n) is 17.1. The molecule has 4 aromatic carbocycles. The Bertz CT molecular complexity index is 1640. The van der Waals surface area contributed by atoms with Crippen LogP contribution in [0.1, 0.15) is 93.5 Å². The lowest BCUT2D eigenvalue weighted by Crippen LogP contribution is -2.29. The van der Waals surface area contributed by atoms with Crippen molar-refractivity contribution < 1.29 is 14.3 Å². The summed E-state index contributed by atoms with van der Waals surface area (Å²) in [5.41, 5.74) is 13.4. The second kappa shape index (κ2) is 14.8. The van der Waals surface area contributed by atoms with Gasteiger partial charge in [-0.3, -0.25) is 0 Å². The van der Waals surface area contributed by atoms with Crippen LogP contribution >= 0.6 is 0 Å². The van der Waals surface area contributed by atoms with E-state index in [0.29, 0.717) is 12.2 Å². The Morgan fingerprint density at radius 1 is 0.717 bits per heavy atom. The van der Waals surface area contributed by atoms with Crippen molar-refractivity contribution in [2.75, 3.05) is 40.0 Å². The van der Waals surface area contributed by atoms with Gasteiger partial charge in [0.2, 0.25) is 0 Å². The van der Waals surface area contributed by atoms with Crippen molar-refractivity contribution >= 4 is 5.97 Å². The summed E-state index contributed by atoms with van der Waals surface area (Å²) in [5, 5.41) is 0. The van der Waals surface area contributed by atoms with E-state index in [4.69, 9.17) is 9.47 Å². The van der Waals surface area contributed by atoms with Crippen molar-refractivity contribution in [3.63, 3.8) is 0 Å². The number of carbonyl (C=O) groups excluding carboxylic acids is 1. The topological polar surface area (TPSA) is 38.8 Å². The predicted molar refractivity (Wildman–Crippen MR) is 190 cm³/mol. The summed E-state index contributed by atoms with van der Waals surface area (Å²) in [5.74, 6) is -0.271. The Morgan fingerprint density at radius 2 is 1.37 bits per heavy atom. The monoisotopic (exact) mass is 617 g/mol. The Morgan fingerprint density at radius 3 is 2.00 bits per heavy atom. The third-order valence-corrected chi connectivity index (χ3v) is 9.60. The fourth-order valence-corrected chi connectivity index (χ4v) is 7.17. The van der Waals surface area contributed by atoms with Crippen molar-refractivity contribution in [3.8, 4) is 11.1 Å². The number of rotatable bonds is 14. The fraction of sp³-hybridized carbons (Fsp3) is 0.405. The van der Waals surface area contributed by atoms with Crippen LogP contribution in [0.3, 0.4) is 0 Å². The highest BCUT2D eigenvalue weighted by molar-refractivity contribution is 5.93. The Labute approximate surface area is 276 Å². The van der Waals surface area contributed by atoms with E-state index < -0.39 is 5.41 Å². The van der Waals surface area contributed by atoms with Crippen LogP contribution in [0.4, 0.5) is 0 Å². The number of esters is 1. The van der Waals surface area contributed by atoms with Gasteiger partial charge in [0.25, 0.3) is 0 Å².